The standard InChI is InChI=1S/C15H23N5S/c1-4-13-7-5-6-8-18(13)10-19-15(21)20-12(3)9-11(2)16-14(20)17-19/h9,13H,4-8,10H2,1-3H3/t13-/m1/s1. The molecule has 1 aliphatic heterocycles. The van der Waals surface area contributed by atoms with Gasteiger partial charge in [0.1, 0.15) is 0 Å². The number of rotatable bonds is 3. The summed E-state index contributed by atoms with van der Waals surface area (Å²) in [5.41, 5.74) is 2.08. The Bertz CT molecular complexity index is 702. The van der Waals surface area contributed by atoms with Gasteiger partial charge in [0.25, 0.3) is 5.78 Å². The quantitative estimate of drug-likeness (QED) is 0.817. The number of hydrogen-bond donors (Lipinski definition) is 0. The van der Waals surface area contributed by atoms with Crippen molar-refractivity contribution in [3.63, 3.8) is 0 Å². The first kappa shape index (κ1) is 14.7. The molecule has 21 heavy (non-hydrogen) atoms. The number of hydrogen-bond acceptors (Lipinski definition) is 4. The molecule has 1 saturated heterocycles. The van der Waals surface area contributed by atoms with Gasteiger partial charge in [0, 0.05) is 24.0 Å². The molecule has 5 nitrogen and oxygen atoms in total. The van der Waals surface area contributed by atoms with Crippen LogP contribution in [0.25, 0.3) is 5.78 Å². The average molecular weight is 305 g/mol. The first-order chi connectivity index (χ1) is 10.1. The molecule has 1 atom stereocenters. The Kier molecular flexibility index (Phi) is 4.08. The summed E-state index contributed by atoms with van der Waals surface area (Å²) in [7, 11) is 0. The van der Waals surface area contributed by atoms with Gasteiger partial charge >= 0.3 is 0 Å². The minimum atomic E-state index is 0.654. The number of nitrogens with zero attached hydrogens (tertiary/aromatic N) is 5. The highest BCUT2D eigenvalue weighted by atomic mass is 32.1. The van der Waals surface area contributed by atoms with Crippen LogP contribution in [0.15, 0.2) is 6.07 Å². The Morgan fingerprint density at radius 2 is 2.14 bits per heavy atom. The van der Waals surface area contributed by atoms with Crippen LogP contribution in [0.4, 0.5) is 0 Å². The maximum atomic E-state index is 5.60. The smallest absolute Gasteiger partial charge is 0.254 e. The predicted molar refractivity (Wildman–Crippen MR) is 85.9 cm³/mol. The van der Waals surface area contributed by atoms with Crippen molar-refractivity contribution in [3.8, 4) is 0 Å². The number of piperidine rings is 1. The van der Waals surface area contributed by atoms with Gasteiger partial charge < -0.3 is 0 Å². The second kappa shape index (κ2) is 5.85. The van der Waals surface area contributed by atoms with Gasteiger partial charge in [-0.15, -0.1) is 5.10 Å². The monoisotopic (exact) mass is 305 g/mol. The topological polar surface area (TPSA) is 38.4 Å². The molecule has 0 unspecified atom stereocenters. The summed E-state index contributed by atoms with van der Waals surface area (Å²) in [5, 5.41) is 4.62. The second-order valence-electron chi connectivity index (χ2n) is 5.97. The Hall–Kier alpha value is -1.27. The second-order valence-corrected chi connectivity index (χ2v) is 6.33. The highest BCUT2D eigenvalue weighted by molar-refractivity contribution is 7.71. The lowest BCUT2D eigenvalue weighted by atomic mass is 10.0. The molecule has 3 rings (SSSR count). The van der Waals surface area contributed by atoms with Gasteiger partial charge in [-0.1, -0.05) is 13.3 Å². The summed E-state index contributed by atoms with van der Waals surface area (Å²) in [6.45, 7) is 8.23. The van der Waals surface area contributed by atoms with Crippen LogP contribution in [-0.4, -0.2) is 36.7 Å². The fourth-order valence-electron chi connectivity index (χ4n) is 3.31. The van der Waals surface area contributed by atoms with Crippen molar-refractivity contribution >= 4 is 18.0 Å². The number of aryl methyl sites for hydroxylation is 2. The molecule has 1 fully saturated rings. The predicted octanol–water partition coefficient (Wildman–Crippen LogP) is 3.10. The third-order valence-corrected chi connectivity index (χ3v) is 4.80. The van der Waals surface area contributed by atoms with Crippen LogP contribution in [0.3, 0.4) is 0 Å². The molecule has 2 aromatic heterocycles. The molecule has 1 aliphatic rings. The summed E-state index contributed by atoms with van der Waals surface area (Å²) >= 11 is 5.60. The van der Waals surface area contributed by atoms with Gasteiger partial charge in [-0.25, -0.2) is 9.67 Å². The van der Waals surface area contributed by atoms with Crippen LogP contribution in [0.1, 0.15) is 44.0 Å². The van der Waals surface area contributed by atoms with Crippen molar-refractivity contribution in [1.29, 1.82) is 0 Å². The lowest BCUT2D eigenvalue weighted by Crippen LogP contribution is -2.40. The molecule has 114 valence electrons. The zero-order chi connectivity index (χ0) is 15.0. The van der Waals surface area contributed by atoms with Gasteiger partial charge in [0.05, 0.1) is 6.67 Å². The maximum Gasteiger partial charge on any atom is 0.254 e. The van der Waals surface area contributed by atoms with E-state index in [1.165, 1.54) is 25.7 Å². The summed E-state index contributed by atoms with van der Waals surface area (Å²) in [5.74, 6) is 0.711. The summed E-state index contributed by atoms with van der Waals surface area (Å²) in [6, 6.07) is 2.70. The molecule has 0 aromatic carbocycles. The fourth-order valence-corrected chi connectivity index (χ4v) is 3.63. The largest absolute Gasteiger partial charge is 0.281 e. The third kappa shape index (κ3) is 2.74. The summed E-state index contributed by atoms with van der Waals surface area (Å²) in [6.07, 6.45) is 5.09. The van der Waals surface area contributed by atoms with Gasteiger partial charge in [-0.2, -0.15) is 0 Å². The highest BCUT2D eigenvalue weighted by Crippen LogP contribution is 2.20. The van der Waals surface area contributed by atoms with Crippen LogP contribution in [0.2, 0.25) is 0 Å². The van der Waals surface area contributed by atoms with Crippen molar-refractivity contribution in [2.75, 3.05) is 6.54 Å². The van der Waals surface area contributed by atoms with Crippen molar-refractivity contribution in [1.82, 2.24) is 24.1 Å². The van der Waals surface area contributed by atoms with Crippen LogP contribution >= 0.6 is 12.2 Å². The Labute approximate surface area is 130 Å². The summed E-state index contributed by atoms with van der Waals surface area (Å²) in [4.78, 5) is 7.00. The van der Waals surface area contributed by atoms with Gasteiger partial charge in [0.15, 0.2) is 0 Å². The van der Waals surface area contributed by atoms with Crippen LogP contribution < -0.4 is 0 Å². The van der Waals surface area contributed by atoms with Gasteiger partial charge in [-0.3, -0.25) is 9.30 Å². The maximum absolute atomic E-state index is 5.60. The molecule has 3 heterocycles. The lowest BCUT2D eigenvalue weighted by molar-refractivity contribution is 0.101. The van der Waals surface area contributed by atoms with E-state index in [2.05, 4.69) is 28.8 Å². The van der Waals surface area contributed by atoms with Crippen molar-refractivity contribution in [2.45, 2.75) is 59.2 Å². The normalized spacial score (nSPS) is 20.2. The van der Waals surface area contributed by atoms with E-state index >= 15 is 0 Å². The molecule has 0 radical (unpaired) electrons. The minimum Gasteiger partial charge on any atom is -0.281 e. The van der Waals surface area contributed by atoms with E-state index in [1.807, 2.05) is 22.1 Å². The Morgan fingerprint density at radius 1 is 1.33 bits per heavy atom. The zero-order valence-electron chi connectivity index (χ0n) is 13.0. The molecule has 0 spiro atoms. The third-order valence-electron chi connectivity index (χ3n) is 4.41. The Morgan fingerprint density at radius 3 is 2.90 bits per heavy atom. The molecule has 6 heteroatoms. The first-order valence-corrected chi connectivity index (χ1v) is 8.19. The molecule has 0 bridgehead atoms. The van der Waals surface area contributed by atoms with Crippen molar-refractivity contribution in [3.05, 3.63) is 22.2 Å². The lowest BCUT2D eigenvalue weighted by Gasteiger charge is -2.34. The number of likely N-dealkylation sites (tertiary alicyclic amines) is 1. The van der Waals surface area contributed by atoms with E-state index in [1.54, 1.807) is 0 Å². The minimum absolute atomic E-state index is 0.654. The molecule has 0 N–H and O–H groups in total. The van der Waals surface area contributed by atoms with E-state index in [4.69, 9.17) is 12.2 Å². The molecular formula is C15H23N5S. The molecular weight excluding hydrogens is 282 g/mol. The van der Waals surface area contributed by atoms with Crippen molar-refractivity contribution < 1.29 is 0 Å². The van der Waals surface area contributed by atoms with Crippen LogP contribution in [-0.2, 0) is 6.67 Å². The van der Waals surface area contributed by atoms with E-state index in [0.717, 1.165) is 29.4 Å². The molecule has 0 saturated carbocycles. The van der Waals surface area contributed by atoms with Gasteiger partial charge in [0.2, 0.25) is 4.77 Å². The van der Waals surface area contributed by atoms with E-state index in [9.17, 15) is 0 Å². The average Bonchev–Trinajstić information content (AvgIpc) is 2.76. The van der Waals surface area contributed by atoms with E-state index in [0.29, 0.717) is 11.8 Å². The van der Waals surface area contributed by atoms with E-state index < -0.39 is 0 Å². The first-order valence-electron chi connectivity index (χ1n) is 7.78. The highest BCUT2D eigenvalue weighted by Gasteiger charge is 2.22. The van der Waals surface area contributed by atoms with Crippen LogP contribution in [0.5, 0.6) is 0 Å². The van der Waals surface area contributed by atoms with Crippen LogP contribution in [0, 0.1) is 18.6 Å². The zero-order valence-corrected chi connectivity index (χ0v) is 13.9. The summed E-state index contributed by atoms with van der Waals surface area (Å²) < 4.78 is 4.64. The number of fused-ring (bicyclic) bond motifs is 1. The van der Waals surface area contributed by atoms with E-state index in [-0.39, 0.29) is 0 Å². The molecule has 0 amide bonds. The van der Waals surface area contributed by atoms with Crippen molar-refractivity contribution in [2.24, 2.45) is 0 Å². The fraction of sp³-hybridized carbons (Fsp3) is 0.667. The molecule has 2 aromatic rings. The number of aromatic nitrogens is 4. The Balaban J connectivity index is 1.96. The molecule has 0 aliphatic carbocycles. The SMILES string of the molecule is CC[C@@H]1CCCCN1Cn1nc2nc(C)cc(C)n2c1=S. The van der Waals surface area contributed by atoms with Gasteiger partial charge in [-0.05, 0) is 51.4 Å².